The van der Waals surface area contributed by atoms with Gasteiger partial charge in [0.25, 0.3) is 0 Å². The summed E-state index contributed by atoms with van der Waals surface area (Å²) in [6, 6.07) is 6.69. The summed E-state index contributed by atoms with van der Waals surface area (Å²) in [4.78, 5) is 0. The van der Waals surface area contributed by atoms with Gasteiger partial charge in [0.1, 0.15) is 11.5 Å². The first-order valence-electron chi connectivity index (χ1n) is 6.16. The third-order valence-electron chi connectivity index (χ3n) is 3.38. The van der Waals surface area contributed by atoms with E-state index in [1.54, 1.807) is 14.2 Å². The number of benzene rings is 1. The molecule has 1 aromatic carbocycles. The van der Waals surface area contributed by atoms with E-state index in [1.165, 1.54) is 18.4 Å². The Balaban J connectivity index is 1.94. The predicted octanol–water partition coefficient (Wildman–Crippen LogP) is 2.59. The summed E-state index contributed by atoms with van der Waals surface area (Å²) >= 11 is 0. The topological polar surface area (TPSA) is 30.5 Å². The molecule has 1 N–H and O–H groups in total. The van der Waals surface area contributed by atoms with Gasteiger partial charge in [-0.05, 0) is 36.5 Å². The van der Waals surface area contributed by atoms with Crippen LogP contribution in [0.25, 0.3) is 0 Å². The van der Waals surface area contributed by atoms with Crippen molar-refractivity contribution in [1.82, 2.24) is 5.32 Å². The Morgan fingerprint density at radius 3 is 2.18 bits per heavy atom. The number of nitrogens with one attached hydrogen (secondary N) is 1. The van der Waals surface area contributed by atoms with E-state index in [2.05, 4.69) is 24.4 Å². The molecule has 1 aromatic rings. The second kappa shape index (κ2) is 5.41. The van der Waals surface area contributed by atoms with Gasteiger partial charge in [0.15, 0.2) is 0 Å². The molecular formula is C14H21NO2. The van der Waals surface area contributed by atoms with E-state index in [4.69, 9.17) is 9.47 Å². The van der Waals surface area contributed by atoms with Gasteiger partial charge in [0.05, 0.1) is 14.2 Å². The highest BCUT2D eigenvalue weighted by atomic mass is 16.5. The summed E-state index contributed by atoms with van der Waals surface area (Å²) in [5.74, 6) is 2.58. The van der Waals surface area contributed by atoms with Crippen LogP contribution in [0.2, 0.25) is 0 Å². The van der Waals surface area contributed by atoms with E-state index >= 15 is 0 Å². The zero-order valence-corrected chi connectivity index (χ0v) is 10.8. The summed E-state index contributed by atoms with van der Waals surface area (Å²) in [6.07, 6.45) is 2.59. The first-order valence-corrected chi connectivity index (χ1v) is 6.16. The van der Waals surface area contributed by atoms with E-state index in [0.29, 0.717) is 6.04 Å². The van der Waals surface area contributed by atoms with Gasteiger partial charge in [-0.25, -0.2) is 0 Å². The number of ether oxygens (including phenoxy) is 2. The largest absolute Gasteiger partial charge is 0.497 e. The van der Waals surface area contributed by atoms with Crippen LogP contribution in [0.3, 0.4) is 0 Å². The Bertz CT molecular complexity index is 350. The number of hydrogen-bond acceptors (Lipinski definition) is 3. The van der Waals surface area contributed by atoms with E-state index in [1.807, 2.05) is 6.07 Å². The first-order chi connectivity index (χ1) is 8.21. The molecule has 0 unspecified atom stereocenters. The molecule has 3 nitrogen and oxygen atoms in total. The molecule has 0 spiro atoms. The van der Waals surface area contributed by atoms with Crippen molar-refractivity contribution in [2.75, 3.05) is 14.2 Å². The lowest BCUT2D eigenvalue weighted by Crippen LogP contribution is -2.39. The Morgan fingerprint density at radius 2 is 1.71 bits per heavy atom. The molecule has 94 valence electrons. The fraction of sp³-hybridized carbons (Fsp3) is 0.571. The molecule has 0 aromatic heterocycles. The molecule has 1 aliphatic carbocycles. The van der Waals surface area contributed by atoms with Crippen LogP contribution < -0.4 is 14.8 Å². The molecule has 1 saturated carbocycles. The smallest absolute Gasteiger partial charge is 0.122 e. The van der Waals surface area contributed by atoms with Gasteiger partial charge in [-0.1, -0.05) is 6.92 Å². The van der Waals surface area contributed by atoms with Crippen molar-refractivity contribution in [3.8, 4) is 11.5 Å². The van der Waals surface area contributed by atoms with Crippen LogP contribution in [0.15, 0.2) is 18.2 Å². The van der Waals surface area contributed by atoms with Crippen molar-refractivity contribution in [2.24, 2.45) is 5.92 Å². The lowest BCUT2D eigenvalue weighted by molar-refractivity contribution is 0.240. The highest BCUT2D eigenvalue weighted by Gasteiger charge is 2.24. The Morgan fingerprint density at radius 1 is 1.12 bits per heavy atom. The molecule has 0 bridgehead atoms. The maximum absolute atomic E-state index is 5.25. The van der Waals surface area contributed by atoms with E-state index < -0.39 is 0 Å². The van der Waals surface area contributed by atoms with Crippen LogP contribution in [0.4, 0.5) is 0 Å². The van der Waals surface area contributed by atoms with Crippen LogP contribution in [-0.2, 0) is 6.54 Å². The van der Waals surface area contributed by atoms with Crippen LogP contribution in [0, 0.1) is 5.92 Å². The second-order valence-corrected chi connectivity index (χ2v) is 4.88. The predicted molar refractivity (Wildman–Crippen MR) is 68.6 cm³/mol. The zero-order chi connectivity index (χ0) is 12.3. The molecule has 1 aliphatic rings. The SMILES string of the molecule is COc1cc(CNC2CC(C)C2)cc(OC)c1. The average molecular weight is 235 g/mol. The van der Waals surface area contributed by atoms with Crippen molar-refractivity contribution in [2.45, 2.75) is 32.4 Å². The first kappa shape index (κ1) is 12.2. The molecule has 0 atom stereocenters. The zero-order valence-electron chi connectivity index (χ0n) is 10.8. The highest BCUT2D eigenvalue weighted by molar-refractivity contribution is 5.38. The van der Waals surface area contributed by atoms with Crippen molar-refractivity contribution in [3.63, 3.8) is 0 Å². The molecular weight excluding hydrogens is 214 g/mol. The van der Waals surface area contributed by atoms with Crippen molar-refractivity contribution in [1.29, 1.82) is 0 Å². The molecule has 3 heteroatoms. The molecule has 1 fully saturated rings. The van der Waals surface area contributed by atoms with Gasteiger partial charge in [0, 0.05) is 18.7 Å². The summed E-state index contributed by atoms with van der Waals surface area (Å²) < 4.78 is 10.5. The van der Waals surface area contributed by atoms with Crippen LogP contribution in [0.5, 0.6) is 11.5 Å². The number of hydrogen-bond donors (Lipinski definition) is 1. The van der Waals surface area contributed by atoms with Crippen molar-refractivity contribution < 1.29 is 9.47 Å². The monoisotopic (exact) mass is 235 g/mol. The summed E-state index contributed by atoms with van der Waals surface area (Å²) in [5, 5.41) is 3.56. The molecule has 2 rings (SSSR count). The molecule has 0 saturated heterocycles. The summed E-state index contributed by atoms with van der Waals surface area (Å²) in [7, 11) is 3.36. The number of rotatable bonds is 5. The van der Waals surface area contributed by atoms with E-state index in [-0.39, 0.29) is 0 Å². The van der Waals surface area contributed by atoms with Gasteiger partial charge in [-0.15, -0.1) is 0 Å². The van der Waals surface area contributed by atoms with Crippen molar-refractivity contribution in [3.05, 3.63) is 23.8 Å². The number of methoxy groups -OCH3 is 2. The van der Waals surface area contributed by atoms with Crippen LogP contribution in [-0.4, -0.2) is 20.3 Å². The Kier molecular flexibility index (Phi) is 3.89. The maximum Gasteiger partial charge on any atom is 0.122 e. The van der Waals surface area contributed by atoms with Gasteiger partial charge in [0.2, 0.25) is 0 Å². The van der Waals surface area contributed by atoms with Crippen LogP contribution >= 0.6 is 0 Å². The standard InChI is InChI=1S/C14H21NO2/c1-10-4-12(5-10)15-9-11-6-13(16-2)8-14(7-11)17-3/h6-8,10,12,15H,4-5,9H2,1-3H3. The lowest BCUT2D eigenvalue weighted by Gasteiger charge is -2.33. The third kappa shape index (κ3) is 3.13. The molecule has 0 amide bonds. The molecule has 0 radical (unpaired) electrons. The summed E-state index contributed by atoms with van der Waals surface area (Å²) in [5.41, 5.74) is 1.21. The molecule has 0 heterocycles. The molecule has 17 heavy (non-hydrogen) atoms. The molecule has 0 aliphatic heterocycles. The third-order valence-corrected chi connectivity index (χ3v) is 3.38. The van der Waals surface area contributed by atoms with E-state index in [0.717, 1.165) is 24.0 Å². The van der Waals surface area contributed by atoms with Gasteiger partial charge in [-0.2, -0.15) is 0 Å². The minimum absolute atomic E-state index is 0.683. The van der Waals surface area contributed by atoms with Gasteiger partial charge in [-0.3, -0.25) is 0 Å². The second-order valence-electron chi connectivity index (χ2n) is 4.88. The fourth-order valence-electron chi connectivity index (χ4n) is 2.30. The lowest BCUT2D eigenvalue weighted by atomic mass is 9.82. The minimum atomic E-state index is 0.683. The quantitative estimate of drug-likeness (QED) is 0.851. The Hall–Kier alpha value is -1.22. The van der Waals surface area contributed by atoms with Crippen molar-refractivity contribution >= 4 is 0 Å². The highest BCUT2D eigenvalue weighted by Crippen LogP contribution is 2.27. The maximum atomic E-state index is 5.25. The minimum Gasteiger partial charge on any atom is -0.497 e. The normalized spacial score (nSPS) is 23.0. The van der Waals surface area contributed by atoms with E-state index in [9.17, 15) is 0 Å². The Labute approximate surface area is 103 Å². The van der Waals surface area contributed by atoms with Gasteiger partial charge < -0.3 is 14.8 Å². The fourth-order valence-corrected chi connectivity index (χ4v) is 2.30. The summed E-state index contributed by atoms with van der Waals surface area (Å²) in [6.45, 7) is 3.18. The van der Waals surface area contributed by atoms with Crippen LogP contribution in [0.1, 0.15) is 25.3 Å². The average Bonchev–Trinajstić information content (AvgIpc) is 2.32. The van der Waals surface area contributed by atoms with Gasteiger partial charge >= 0.3 is 0 Å².